The summed E-state index contributed by atoms with van der Waals surface area (Å²) in [4.78, 5) is 2.59. The lowest BCUT2D eigenvalue weighted by Gasteiger charge is -2.37. The number of ether oxygens (including phenoxy) is 1. The summed E-state index contributed by atoms with van der Waals surface area (Å²) in [5.74, 6) is 0.910. The minimum atomic E-state index is 0.627. The quantitative estimate of drug-likeness (QED) is 0.652. The molecule has 0 heterocycles. The van der Waals surface area contributed by atoms with Gasteiger partial charge in [-0.3, -0.25) is 4.90 Å². The van der Waals surface area contributed by atoms with Crippen LogP contribution in [-0.2, 0) is 4.74 Å². The van der Waals surface area contributed by atoms with Crippen LogP contribution in [0.2, 0.25) is 0 Å². The van der Waals surface area contributed by atoms with Crippen LogP contribution in [0.4, 0.5) is 0 Å². The fourth-order valence-corrected chi connectivity index (χ4v) is 3.03. The van der Waals surface area contributed by atoms with E-state index in [1.165, 1.54) is 25.7 Å². The first kappa shape index (κ1) is 16.9. The fourth-order valence-electron chi connectivity index (χ4n) is 3.03. The Balaban J connectivity index is 2.12. The Hall–Kier alpha value is -0.120. The molecule has 0 aromatic heterocycles. The van der Waals surface area contributed by atoms with E-state index in [0.717, 1.165) is 44.7 Å². The summed E-state index contributed by atoms with van der Waals surface area (Å²) in [7, 11) is 2.30. The van der Waals surface area contributed by atoms with Gasteiger partial charge in [-0.1, -0.05) is 19.8 Å². The van der Waals surface area contributed by atoms with Crippen molar-refractivity contribution in [3.8, 4) is 0 Å². The molecule has 1 aliphatic carbocycles. The topological polar surface area (TPSA) is 24.5 Å². The van der Waals surface area contributed by atoms with Crippen LogP contribution in [0.1, 0.15) is 52.9 Å². The van der Waals surface area contributed by atoms with Gasteiger partial charge in [-0.05, 0) is 52.6 Å². The molecule has 0 saturated heterocycles. The van der Waals surface area contributed by atoms with Crippen LogP contribution < -0.4 is 5.32 Å². The highest BCUT2D eigenvalue weighted by atomic mass is 16.5. The average Bonchev–Trinajstić information content (AvgIpc) is 2.41. The van der Waals surface area contributed by atoms with Gasteiger partial charge >= 0.3 is 0 Å². The molecule has 0 aromatic carbocycles. The molecule has 19 heavy (non-hydrogen) atoms. The molecule has 1 rings (SSSR count). The number of hydrogen-bond donors (Lipinski definition) is 1. The summed E-state index contributed by atoms with van der Waals surface area (Å²) in [6.45, 7) is 10.7. The molecule has 3 atom stereocenters. The maximum atomic E-state index is 5.34. The van der Waals surface area contributed by atoms with Gasteiger partial charge < -0.3 is 10.1 Å². The molecule has 1 N–H and O–H groups in total. The monoisotopic (exact) mass is 270 g/mol. The Morgan fingerprint density at radius 2 is 2.16 bits per heavy atom. The van der Waals surface area contributed by atoms with Gasteiger partial charge in [-0.15, -0.1) is 0 Å². The van der Waals surface area contributed by atoms with Crippen LogP contribution in [-0.4, -0.2) is 50.3 Å². The van der Waals surface area contributed by atoms with Crippen LogP contribution in [0.3, 0.4) is 0 Å². The summed E-state index contributed by atoms with van der Waals surface area (Å²) in [5.41, 5.74) is 0. The van der Waals surface area contributed by atoms with E-state index in [9.17, 15) is 0 Å². The fraction of sp³-hybridized carbons (Fsp3) is 1.00. The van der Waals surface area contributed by atoms with Crippen molar-refractivity contribution in [1.82, 2.24) is 10.2 Å². The van der Waals surface area contributed by atoms with Crippen molar-refractivity contribution in [3.63, 3.8) is 0 Å². The standard InChI is InChI=1S/C16H34N2O/c1-5-19-11-7-10-17-13-15(3)18(4)16-9-6-8-14(2)12-16/h14-17H,5-13H2,1-4H3. The molecule has 3 nitrogen and oxygen atoms in total. The molecular formula is C16H34N2O. The van der Waals surface area contributed by atoms with E-state index in [2.05, 4.69) is 38.0 Å². The SMILES string of the molecule is CCOCCCNCC(C)N(C)C1CCCC(C)C1. The van der Waals surface area contributed by atoms with Crippen LogP contribution in [0, 0.1) is 5.92 Å². The Kier molecular flexibility index (Phi) is 8.67. The minimum Gasteiger partial charge on any atom is -0.382 e. The molecular weight excluding hydrogens is 236 g/mol. The molecule has 3 unspecified atom stereocenters. The molecule has 0 aliphatic heterocycles. The number of likely N-dealkylation sites (N-methyl/N-ethyl adjacent to an activating group) is 1. The summed E-state index contributed by atoms with van der Waals surface area (Å²) < 4.78 is 5.34. The molecule has 0 amide bonds. The van der Waals surface area contributed by atoms with Gasteiger partial charge in [-0.25, -0.2) is 0 Å². The Labute approximate surface area is 120 Å². The molecule has 114 valence electrons. The summed E-state index contributed by atoms with van der Waals surface area (Å²) in [5, 5.41) is 3.55. The van der Waals surface area contributed by atoms with Gasteiger partial charge in [0.15, 0.2) is 0 Å². The van der Waals surface area contributed by atoms with Crippen LogP contribution >= 0.6 is 0 Å². The molecule has 1 saturated carbocycles. The Morgan fingerprint density at radius 3 is 2.84 bits per heavy atom. The molecule has 0 radical (unpaired) electrons. The van der Waals surface area contributed by atoms with Gasteiger partial charge in [0.05, 0.1) is 0 Å². The van der Waals surface area contributed by atoms with Gasteiger partial charge in [0, 0.05) is 31.8 Å². The third-order valence-electron chi connectivity index (χ3n) is 4.47. The lowest BCUT2D eigenvalue weighted by Crippen LogP contribution is -2.45. The zero-order valence-electron chi connectivity index (χ0n) is 13.5. The first-order chi connectivity index (χ1) is 9.15. The van der Waals surface area contributed by atoms with Crippen molar-refractivity contribution in [2.24, 2.45) is 5.92 Å². The van der Waals surface area contributed by atoms with Crippen molar-refractivity contribution >= 4 is 0 Å². The number of nitrogens with zero attached hydrogens (tertiary/aromatic N) is 1. The predicted molar refractivity (Wildman–Crippen MR) is 82.6 cm³/mol. The Morgan fingerprint density at radius 1 is 1.37 bits per heavy atom. The van der Waals surface area contributed by atoms with Crippen molar-refractivity contribution in [2.45, 2.75) is 65.0 Å². The van der Waals surface area contributed by atoms with E-state index in [-0.39, 0.29) is 0 Å². The van der Waals surface area contributed by atoms with Gasteiger partial charge in [-0.2, -0.15) is 0 Å². The molecule has 0 bridgehead atoms. The second-order valence-corrected chi connectivity index (χ2v) is 6.19. The highest BCUT2D eigenvalue weighted by molar-refractivity contribution is 4.80. The van der Waals surface area contributed by atoms with Crippen molar-refractivity contribution in [2.75, 3.05) is 33.4 Å². The normalized spacial score (nSPS) is 25.7. The van der Waals surface area contributed by atoms with Gasteiger partial charge in [0.1, 0.15) is 0 Å². The minimum absolute atomic E-state index is 0.627. The van der Waals surface area contributed by atoms with E-state index >= 15 is 0 Å². The number of hydrogen-bond acceptors (Lipinski definition) is 3. The highest BCUT2D eigenvalue weighted by Crippen LogP contribution is 2.27. The van der Waals surface area contributed by atoms with Crippen molar-refractivity contribution in [1.29, 1.82) is 0 Å². The second kappa shape index (κ2) is 9.73. The van der Waals surface area contributed by atoms with Gasteiger partial charge in [0.25, 0.3) is 0 Å². The number of rotatable bonds is 9. The highest BCUT2D eigenvalue weighted by Gasteiger charge is 2.24. The van der Waals surface area contributed by atoms with E-state index < -0.39 is 0 Å². The van der Waals surface area contributed by atoms with Crippen molar-refractivity contribution in [3.05, 3.63) is 0 Å². The summed E-state index contributed by atoms with van der Waals surface area (Å²) in [6, 6.07) is 1.42. The molecule has 1 aliphatic rings. The first-order valence-electron chi connectivity index (χ1n) is 8.15. The maximum absolute atomic E-state index is 5.34. The molecule has 0 aromatic rings. The first-order valence-corrected chi connectivity index (χ1v) is 8.15. The second-order valence-electron chi connectivity index (χ2n) is 6.19. The van der Waals surface area contributed by atoms with Crippen molar-refractivity contribution < 1.29 is 4.74 Å². The average molecular weight is 270 g/mol. The lowest BCUT2D eigenvalue weighted by atomic mass is 9.86. The predicted octanol–water partition coefficient (Wildman–Crippen LogP) is 2.90. The lowest BCUT2D eigenvalue weighted by molar-refractivity contribution is 0.122. The third-order valence-corrected chi connectivity index (χ3v) is 4.47. The van der Waals surface area contributed by atoms with Crippen LogP contribution in [0.5, 0.6) is 0 Å². The van der Waals surface area contributed by atoms with E-state index in [1.54, 1.807) is 0 Å². The van der Waals surface area contributed by atoms with E-state index in [1.807, 2.05) is 0 Å². The number of nitrogens with one attached hydrogen (secondary N) is 1. The van der Waals surface area contributed by atoms with Crippen LogP contribution in [0.15, 0.2) is 0 Å². The zero-order valence-corrected chi connectivity index (χ0v) is 13.5. The molecule has 1 fully saturated rings. The third kappa shape index (κ3) is 6.73. The van der Waals surface area contributed by atoms with Crippen LogP contribution in [0.25, 0.3) is 0 Å². The summed E-state index contributed by atoms with van der Waals surface area (Å²) in [6.07, 6.45) is 6.71. The van der Waals surface area contributed by atoms with E-state index in [4.69, 9.17) is 4.74 Å². The zero-order chi connectivity index (χ0) is 14.1. The largest absolute Gasteiger partial charge is 0.382 e. The Bertz CT molecular complexity index is 223. The maximum Gasteiger partial charge on any atom is 0.0477 e. The van der Waals surface area contributed by atoms with E-state index in [0.29, 0.717) is 6.04 Å². The molecule has 0 spiro atoms. The smallest absolute Gasteiger partial charge is 0.0477 e. The van der Waals surface area contributed by atoms with Gasteiger partial charge in [0.2, 0.25) is 0 Å². The molecule has 3 heteroatoms. The summed E-state index contributed by atoms with van der Waals surface area (Å²) >= 11 is 0.